The smallest absolute Gasteiger partial charge is 0.291 e. The highest BCUT2D eigenvalue weighted by molar-refractivity contribution is 6.38. The molecule has 0 spiro atoms. The van der Waals surface area contributed by atoms with Crippen LogP contribution in [0.25, 0.3) is 10.9 Å². The molecular weight excluding hydrogens is 318 g/mol. The number of fused-ring (bicyclic) bond motifs is 1. The van der Waals surface area contributed by atoms with Gasteiger partial charge >= 0.3 is 0 Å². The van der Waals surface area contributed by atoms with Gasteiger partial charge in [-0.25, -0.2) is 0 Å². The van der Waals surface area contributed by atoms with Crippen LogP contribution in [0.1, 0.15) is 44.8 Å². The number of benzene rings is 1. The van der Waals surface area contributed by atoms with Gasteiger partial charge in [-0.3, -0.25) is 14.4 Å². The van der Waals surface area contributed by atoms with Crippen molar-refractivity contribution in [1.29, 1.82) is 0 Å². The largest absolute Gasteiger partial charge is 0.324 e. The number of hydrogen-bond donors (Lipinski definition) is 0. The summed E-state index contributed by atoms with van der Waals surface area (Å²) in [5, 5.41) is 5.06. The normalized spacial score (nSPS) is 17.9. The van der Waals surface area contributed by atoms with Crippen LogP contribution in [0.4, 0.5) is 0 Å². The molecule has 0 bridgehead atoms. The van der Waals surface area contributed by atoms with Crippen molar-refractivity contribution < 1.29 is 14.4 Å². The van der Waals surface area contributed by atoms with Crippen molar-refractivity contribution in [2.24, 2.45) is 5.41 Å². The molecule has 1 aromatic carbocycles. The van der Waals surface area contributed by atoms with Crippen molar-refractivity contribution in [3.63, 3.8) is 0 Å². The molecule has 2 aromatic rings. The van der Waals surface area contributed by atoms with Crippen LogP contribution >= 0.6 is 0 Å². The molecule has 1 amide bonds. The van der Waals surface area contributed by atoms with Crippen LogP contribution in [0, 0.1) is 5.41 Å². The van der Waals surface area contributed by atoms with Crippen LogP contribution in [-0.2, 0) is 9.59 Å². The number of Topliss-reactive ketones (excluding diaryl/α,β-unsaturated/α-hetero) is 1. The molecule has 25 heavy (non-hydrogen) atoms. The Hall–Kier alpha value is -2.50. The predicted molar refractivity (Wildman–Crippen MR) is 94.2 cm³/mol. The number of aromatic nitrogens is 2. The lowest BCUT2D eigenvalue weighted by molar-refractivity contribution is -0.149. The molecule has 1 aliphatic rings. The zero-order chi connectivity index (χ0) is 18.2. The number of rotatable bonds is 4. The molecule has 6 heteroatoms. The van der Waals surface area contributed by atoms with E-state index in [1.54, 1.807) is 20.0 Å². The highest BCUT2D eigenvalue weighted by Crippen LogP contribution is 2.26. The van der Waals surface area contributed by atoms with Crippen LogP contribution in [0.3, 0.4) is 0 Å². The standard InChI is InChI=1S/C19H23N3O3/c1-4-19(2,3)16(23)18(25)21-11-7-10-15(21)17(24)22-14-9-6-5-8-13(14)12-20-22/h5-6,8-9,12,15H,4,7,10-11H2,1-3H3. The van der Waals surface area contributed by atoms with E-state index in [2.05, 4.69) is 5.10 Å². The van der Waals surface area contributed by atoms with E-state index in [4.69, 9.17) is 0 Å². The van der Waals surface area contributed by atoms with E-state index < -0.39 is 23.1 Å². The van der Waals surface area contributed by atoms with Crippen LogP contribution < -0.4 is 0 Å². The minimum atomic E-state index is -0.717. The molecule has 2 heterocycles. The highest BCUT2D eigenvalue weighted by Gasteiger charge is 2.41. The minimum absolute atomic E-state index is 0.255. The third kappa shape index (κ3) is 2.97. The molecule has 1 atom stereocenters. The monoisotopic (exact) mass is 341 g/mol. The van der Waals surface area contributed by atoms with Gasteiger partial charge in [0.2, 0.25) is 5.78 Å². The Bertz CT molecular complexity index is 837. The Morgan fingerprint density at radius 2 is 1.96 bits per heavy atom. The molecule has 1 aliphatic heterocycles. The summed E-state index contributed by atoms with van der Waals surface area (Å²) in [6.07, 6.45) is 3.48. The van der Waals surface area contributed by atoms with Crippen molar-refractivity contribution in [1.82, 2.24) is 14.7 Å². The number of hydrogen-bond acceptors (Lipinski definition) is 4. The Labute approximate surface area is 146 Å². The topological polar surface area (TPSA) is 72.3 Å². The summed E-state index contributed by atoms with van der Waals surface area (Å²) in [7, 11) is 0. The molecule has 0 N–H and O–H groups in total. The van der Waals surface area contributed by atoms with E-state index in [1.165, 1.54) is 9.58 Å². The molecule has 1 fully saturated rings. The molecular formula is C19H23N3O3. The predicted octanol–water partition coefficient (Wildman–Crippen LogP) is 2.67. The van der Waals surface area contributed by atoms with Crippen molar-refractivity contribution in [3.05, 3.63) is 30.5 Å². The molecule has 1 unspecified atom stereocenters. The Morgan fingerprint density at radius 1 is 1.24 bits per heavy atom. The van der Waals surface area contributed by atoms with Crippen LogP contribution in [-0.4, -0.2) is 44.9 Å². The van der Waals surface area contributed by atoms with E-state index in [0.29, 0.717) is 31.3 Å². The van der Waals surface area contributed by atoms with E-state index in [-0.39, 0.29) is 5.91 Å². The van der Waals surface area contributed by atoms with Crippen LogP contribution in [0.15, 0.2) is 30.5 Å². The number of nitrogens with zero attached hydrogens (tertiary/aromatic N) is 3. The maximum absolute atomic E-state index is 13.0. The summed E-state index contributed by atoms with van der Waals surface area (Å²) in [5.41, 5.74) is -0.00177. The molecule has 6 nitrogen and oxygen atoms in total. The van der Waals surface area contributed by atoms with E-state index in [0.717, 1.165) is 5.39 Å². The number of carbonyl (C=O) groups excluding carboxylic acids is 3. The second kappa shape index (κ2) is 6.43. The van der Waals surface area contributed by atoms with Gasteiger partial charge in [-0.05, 0) is 25.3 Å². The quantitative estimate of drug-likeness (QED) is 0.802. The van der Waals surface area contributed by atoms with Crippen molar-refractivity contribution >= 4 is 28.5 Å². The summed E-state index contributed by atoms with van der Waals surface area (Å²) < 4.78 is 1.35. The molecule has 0 radical (unpaired) electrons. The summed E-state index contributed by atoms with van der Waals surface area (Å²) in [6, 6.07) is 6.81. The van der Waals surface area contributed by atoms with Crippen LogP contribution in [0.2, 0.25) is 0 Å². The Morgan fingerprint density at radius 3 is 2.68 bits per heavy atom. The van der Waals surface area contributed by atoms with Gasteiger partial charge in [0, 0.05) is 17.3 Å². The molecule has 1 saturated heterocycles. The first-order valence-electron chi connectivity index (χ1n) is 8.69. The Balaban J connectivity index is 1.88. The first-order chi connectivity index (χ1) is 11.9. The zero-order valence-corrected chi connectivity index (χ0v) is 14.9. The number of para-hydroxylation sites is 1. The maximum Gasteiger partial charge on any atom is 0.291 e. The lowest BCUT2D eigenvalue weighted by Crippen LogP contribution is -2.48. The van der Waals surface area contributed by atoms with Crippen LogP contribution in [0.5, 0.6) is 0 Å². The summed E-state index contributed by atoms with van der Waals surface area (Å²) >= 11 is 0. The first-order valence-corrected chi connectivity index (χ1v) is 8.69. The third-order valence-corrected chi connectivity index (χ3v) is 5.18. The van der Waals surface area contributed by atoms with Crippen molar-refractivity contribution in [2.75, 3.05) is 6.54 Å². The van der Waals surface area contributed by atoms with E-state index in [9.17, 15) is 14.4 Å². The SMILES string of the molecule is CCC(C)(C)C(=O)C(=O)N1CCCC1C(=O)n1ncc2ccccc21. The minimum Gasteiger partial charge on any atom is -0.324 e. The first kappa shape index (κ1) is 17.3. The zero-order valence-electron chi connectivity index (χ0n) is 14.9. The van der Waals surface area contributed by atoms with Gasteiger partial charge in [0.15, 0.2) is 0 Å². The Kier molecular flexibility index (Phi) is 4.45. The van der Waals surface area contributed by atoms with E-state index >= 15 is 0 Å². The average Bonchev–Trinajstić information content (AvgIpc) is 3.26. The van der Waals surface area contributed by atoms with Gasteiger partial charge in [0.25, 0.3) is 11.8 Å². The van der Waals surface area contributed by atoms with Gasteiger partial charge < -0.3 is 4.90 Å². The summed E-state index contributed by atoms with van der Waals surface area (Å²) in [6.45, 7) is 5.84. The number of ketones is 1. The second-order valence-electron chi connectivity index (χ2n) is 7.18. The van der Waals surface area contributed by atoms with Gasteiger partial charge in [-0.1, -0.05) is 39.0 Å². The number of likely N-dealkylation sites (tertiary alicyclic amines) is 1. The number of carbonyl (C=O) groups is 3. The molecule has 132 valence electrons. The highest BCUT2D eigenvalue weighted by atomic mass is 16.2. The van der Waals surface area contributed by atoms with E-state index in [1.807, 2.05) is 31.2 Å². The fourth-order valence-corrected chi connectivity index (χ4v) is 3.14. The fourth-order valence-electron chi connectivity index (χ4n) is 3.14. The lowest BCUT2D eigenvalue weighted by atomic mass is 9.84. The van der Waals surface area contributed by atoms with Gasteiger partial charge in [0.1, 0.15) is 6.04 Å². The molecule has 3 rings (SSSR count). The number of amides is 1. The summed E-state index contributed by atoms with van der Waals surface area (Å²) in [4.78, 5) is 39.6. The fraction of sp³-hybridized carbons (Fsp3) is 0.474. The van der Waals surface area contributed by atoms with Gasteiger partial charge in [-0.2, -0.15) is 9.78 Å². The molecule has 1 aromatic heterocycles. The van der Waals surface area contributed by atoms with Crippen molar-refractivity contribution in [2.45, 2.75) is 46.1 Å². The van der Waals surface area contributed by atoms with Crippen molar-refractivity contribution in [3.8, 4) is 0 Å². The molecule has 0 saturated carbocycles. The van der Waals surface area contributed by atoms with Gasteiger partial charge in [0.05, 0.1) is 11.7 Å². The second-order valence-corrected chi connectivity index (χ2v) is 7.18. The average molecular weight is 341 g/mol. The third-order valence-electron chi connectivity index (χ3n) is 5.18. The molecule has 0 aliphatic carbocycles. The van der Waals surface area contributed by atoms with Gasteiger partial charge in [-0.15, -0.1) is 0 Å². The lowest BCUT2D eigenvalue weighted by Gasteiger charge is -2.27. The summed E-state index contributed by atoms with van der Waals surface area (Å²) in [5.74, 6) is -1.24. The maximum atomic E-state index is 13.0.